The molecule has 0 unspecified atom stereocenters. The van der Waals surface area contributed by atoms with E-state index in [0.29, 0.717) is 23.9 Å². The highest BCUT2D eigenvalue weighted by atomic mass is 35.5. The lowest BCUT2D eigenvalue weighted by Crippen LogP contribution is -2.26. The van der Waals surface area contributed by atoms with E-state index in [2.05, 4.69) is 39.2 Å². The number of thioether (sulfide) groups is 1. The summed E-state index contributed by atoms with van der Waals surface area (Å²) in [6.07, 6.45) is 0. The van der Waals surface area contributed by atoms with Crippen molar-refractivity contribution in [3.8, 4) is 11.4 Å². The third kappa shape index (κ3) is 8.49. The number of nitrogens with one attached hydrogen (secondary N) is 2. The number of amides is 1. The van der Waals surface area contributed by atoms with Gasteiger partial charge in [0.1, 0.15) is 5.82 Å². The summed E-state index contributed by atoms with van der Waals surface area (Å²) in [7, 11) is 0. The summed E-state index contributed by atoms with van der Waals surface area (Å²) in [6.45, 7) is 7.74. The molecule has 1 heterocycles. The first-order valence-corrected chi connectivity index (χ1v) is 9.63. The summed E-state index contributed by atoms with van der Waals surface area (Å²) in [6, 6.07) is 7.47. The summed E-state index contributed by atoms with van der Waals surface area (Å²) in [4.78, 5) is 18.6. The molecule has 2 rings (SSSR count). The largest absolute Gasteiger partial charge is 0.325 e. The fraction of sp³-hybridized carbons (Fsp3) is 0.471. The topological polar surface area (TPSA) is 99.9 Å². The minimum atomic E-state index is 0. The van der Waals surface area contributed by atoms with Gasteiger partial charge in [0.2, 0.25) is 5.91 Å². The first-order chi connectivity index (χ1) is 12.2. The highest BCUT2D eigenvalue weighted by Gasteiger charge is 2.07. The average Bonchev–Trinajstić information content (AvgIpc) is 3.12. The molecule has 1 aromatic carbocycles. The molecule has 2 aromatic rings. The number of rotatable bonds is 10. The second-order valence-corrected chi connectivity index (χ2v) is 6.62. The molecule has 0 aliphatic carbocycles. The van der Waals surface area contributed by atoms with Crippen LogP contribution in [0.4, 0.5) is 5.69 Å². The summed E-state index contributed by atoms with van der Waals surface area (Å²) in [5.41, 5.74) is 7.16. The van der Waals surface area contributed by atoms with E-state index in [0.717, 1.165) is 36.6 Å². The molecular weight excluding hydrogens is 407 g/mol. The molecule has 0 spiro atoms. The minimum Gasteiger partial charge on any atom is -0.325 e. The van der Waals surface area contributed by atoms with Crippen molar-refractivity contribution in [3.63, 3.8) is 0 Å². The molecular formula is C17H28Cl2N6OS. The summed E-state index contributed by atoms with van der Waals surface area (Å²) < 4.78 is 0. The Kier molecular flexibility index (Phi) is 13.1. The number of halogens is 2. The van der Waals surface area contributed by atoms with Crippen molar-refractivity contribution in [1.29, 1.82) is 0 Å². The highest BCUT2D eigenvalue weighted by Crippen LogP contribution is 2.18. The fourth-order valence-electron chi connectivity index (χ4n) is 2.31. The van der Waals surface area contributed by atoms with Gasteiger partial charge in [-0.05, 0) is 37.4 Å². The maximum atomic E-state index is 12.0. The number of carbonyl (C=O) groups excluding carboxylic acids is 1. The normalized spacial score (nSPS) is 10.2. The maximum absolute atomic E-state index is 12.0. The van der Waals surface area contributed by atoms with E-state index >= 15 is 0 Å². The molecule has 0 atom stereocenters. The molecule has 0 radical (unpaired) electrons. The van der Waals surface area contributed by atoms with Gasteiger partial charge in [0.05, 0.1) is 12.3 Å². The van der Waals surface area contributed by atoms with Crippen LogP contribution in [0, 0.1) is 0 Å². The van der Waals surface area contributed by atoms with E-state index in [1.807, 2.05) is 24.3 Å². The third-order valence-electron chi connectivity index (χ3n) is 3.83. The van der Waals surface area contributed by atoms with Crippen LogP contribution < -0.4 is 11.1 Å². The van der Waals surface area contributed by atoms with Gasteiger partial charge in [-0.2, -0.15) is 16.9 Å². The molecule has 7 nitrogen and oxygen atoms in total. The number of anilines is 1. The number of nitrogens with zero attached hydrogens (tertiary/aromatic N) is 3. The standard InChI is InChI=1S/C17H26N6OS.2ClH/c1-3-23(4-2)9-10-25-12-16(24)19-14-7-5-13(6-8-14)17-20-15(11-18)21-22-17;;/h5-8H,3-4,9-12,18H2,1-2H3,(H,19,24)(H,20,21,22);2*1H. The number of aromatic nitrogens is 3. The van der Waals surface area contributed by atoms with Gasteiger partial charge in [-0.3, -0.25) is 9.89 Å². The second-order valence-electron chi connectivity index (χ2n) is 5.51. The second kappa shape index (κ2) is 13.8. The third-order valence-corrected chi connectivity index (χ3v) is 4.77. The zero-order valence-electron chi connectivity index (χ0n) is 15.6. The maximum Gasteiger partial charge on any atom is 0.234 e. The molecule has 0 saturated heterocycles. The van der Waals surface area contributed by atoms with Crippen LogP contribution in [0.15, 0.2) is 24.3 Å². The van der Waals surface area contributed by atoms with Crippen LogP contribution >= 0.6 is 36.6 Å². The molecule has 0 aliphatic rings. The van der Waals surface area contributed by atoms with E-state index < -0.39 is 0 Å². The summed E-state index contributed by atoms with van der Waals surface area (Å²) in [5, 5.41) is 9.81. The zero-order valence-corrected chi connectivity index (χ0v) is 18.1. The van der Waals surface area contributed by atoms with E-state index in [1.165, 1.54) is 0 Å². The zero-order chi connectivity index (χ0) is 18.1. The van der Waals surface area contributed by atoms with Gasteiger partial charge in [-0.25, -0.2) is 4.98 Å². The Morgan fingerprint density at radius 1 is 1.22 bits per heavy atom. The van der Waals surface area contributed by atoms with Crippen LogP contribution in [0.3, 0.4) is 0 Å². The van der Waals surface area contributed by atoms with E-state index in [4.69, 9.17) is 5.73 Å². The number of hydrogen-bond acceptors (Lipinski definition) is 6. The average molecular weight is 435 g/mol. The lowest BCUT2D eigenvalue weighted by Gasteiger charge is -2.17. The lowest BCUT2D eigenvalue weighted by atomic mass is 10.2. The van der Waals surface area contributed by atoms with Gasteiger partial charge in [0.25, 0.3) is 0 Å². The van der Waals surface area contributed by atoms with Crippen molar-refractivity contribution in [2.24, 2.45) is 5.73 Å². The van der Waals surface area contributed by atoms with Gasteiger partial charge in [-0.15, -0.1) is 24.8 Å². The molecule has 0 fully saturated rings. The Hall–Kier alpha value is -1.32. The predicted octanol–water partition coefficient (Wildman–Crippen LogP) is 2.79. The monoisotopic (exact) mass is 434 g/mol. The number of carbonyl (C=O) groups is 1. The fourth-order valence-corrected chi connectivity index (χ4v) is 3.10. The molecule has 0 bridgehead atoms. The van der Waals surface area contributed by atoms with Crippen molar-refractivity contribution in [1.82, 2.24) is 20.1 Å². The summed E-state index contributed by atoms with van der Waals surface area (Å²) >= 11 is 1.66. The first kappa shape index (κ1) is 25.7. The molecule has 0 saturated carbocycles. The van der Waals surface area contributed by atoms with Crippen molar-refractivity contribution < 1.29 is 4.79 Å². The van der Waals surface area contributed by atoms with Gasteiger partial charge in [0, 0.05) is 23.5 Å². The Labute approximate surface area is 177 Å². The molecule has 1 amide bonds. The quantitative estimate of drug-likeness (QED) is 0.497. The van der Waals surface area contributed by atoms with Crippen LogP contribution in [-0.4, -0.2) is 57.1 Å². The number of H-pyrrole nitrogens is 1. The molecule has 10 heteroatoms. The van der Waals surface area contributed by atoms with Crippen molar-refractivity contribution >= 4 is 48.2 Å². The van der Waals surface area contributed by atoms with Gasteiger partial charge in [0.15, 0.2) is 5.82 Å². The molecule has 1 aromatic heterocycles. The van der Waals surface area contributed by atoms with Crippen LogP contribution in [-0.2, 0) is 11.3 Å². The van der Waals surface area contributed by atoms with E-state index in [9.17, 15) is 4.79 Å². The highest BCUT2D eigenvalue weighted by molar-refractivity contribution is 7.99. The van der Waals surface area contributed by atoms with Crippen LogP contribution in [0.2, 0.25) is 0 Å². The van der Waals surface area contributed by atoms with Crippen molar-refractivity contribution in [2.75, 3.05) is 36.5 Å². The predicted molar refractivity (Wildman–Crippen MR) is 118 cm³/mol. The molecule has 152 valence electrons. The number of aromatic amines is 1. The summed E-state index contributed by atoms with van der Waals surface area (Å²) in [5.74, 6) is 2.69. The SMILES string of the molecule is CCN(CC)CCSCC(=O)Nc1ccc(-c2n[nH]c(CN)n2)cc1.Cl.Cl. The number of benzene rings is 1. The van der Waals surface area contributed by atoms with Gasteiger partial charge in [-0.1, -0.05) is 13.8 Å². The number of nitrogens with two attached hydrogens (primary N) is 1. The Bertz CT molecular complexity index is 664. The minimum absolute atomic E-state index is 0. The van der Waals surface area contributed by atoms with Crippen LogP contribution in [0.5, 0.6) is 0 Å². The van der Waals surface area contributed by atoms with Gasteiger partial charge >= 0.3 is 0 Å². The Morgan fingerprint density at radius 2 is 1.89 bits per heavy atom. The Balaban J connectivity index is 0.00000338. The van der Waals surface area contributed by atoms with Crippen molar-refractivity contribution in [3.05, 3.63) is 30.1 Å². The first-order valence-electron chi connectivity index (χ1n) is 8.48. The van der Waals surface area contributed by atoms with Crippen molar-refractivity contribution in [2.45, 2.75) is 20.4 Å². The van der Waals surface area contributed by atoms with E-state index in [-0.39, 0.29) is 30.7 Å². The van der Waals surface area contributed by atoms with Gasteiger partial charge < -0.3 is 16.0 Å². The lowest BCUT2D eigenvalue weighted by molar-refractivity contribution is -0.113. The Morgan fingerprint density at radius 3 is 2.44 bits per heavy atom. The van der Waals surface area contributed by atoms with E-state index in [1.54, 1.807) is 11.8 Å². The van der Waals surface area contributed by atoms with Crippen LogP contribution in [0.1, 0.15) is 19.7 Å². The number of hydrogen-bond donors (Lipinski definition) is 3. The molecule has 4 N–H and O–H groups in total. The van der Waals surface area contributed by atoms with Crippen LogP contribution in [0.25, 0.3) is 11.4 Å². The molecule has 27 heavy (non-hydrogen) atoms. The molecule has 0 aliphatic heterocycles. The smallest absolute Gasteiger partial charge is 0.234 e.